The smallest absolute Gasteiger partial charge is 0.319 e. The SMILES string of the molecule is O=[N+]([O-])c1cc([N+](=O)[O-])c(O)c(S(=O)(=O)O)c1O. The molecule has 0 radical (unpaired) electrons. The second kappa shape index (κ2) is 4.08. The van der Waals surface area contributed by atoms with Gasteiger partial charge in [-0.25, -0.2) is 0 Å². The van der Waals surface area contributed by atoms with Crippen molar-refractivity contribution in [3.05, 3.63) is 26.3 Å². The number of nitro groups is 2. The van der Waals surface area contributed by atoms with Gasteiger partial charge in [0, 0.05) is 0 Å². The fourth-order valence-corrected chi connectivity index (χ4v) is 1.83. The van der Waals surface area contributed by atoms with E-state index in [0.29, 0.717) is 0 Å². The average Bonchev–Trinajstić information content (AvgIpc) is 2.13. The van der Waals surface area contributed by atoms with Crippen molar-refractivity contribution in [2.45, 2.75) is 4.90 Å². The number of phenolic OH excluding ortho intramolecular Hbond substituents is 2. The minimum atomic E-state index is -5.29. The molecule has 0 saturated carbocycles. The number of phenols is 2. The van der Waals surface area contributed by atoms with Crippen LogP contribution in [0.5, 0.6) is 11.5 Å². The van der Waals surface area contributed by atoms with E-state index in [1.807, 2.05) is 0 Å². The zero-order chi connectivity index (χ0) is 14.2. The standard InChI is InChI=1S/C6H4N2O9S/c9-4-2(7(11)12)1-3(8(13)14)5(10)6(4)18(15,16)17/h1,9-10H,(H,15,16,17). The zero-order valence-corrected chi connectivity index (χ0v) is 8.99. The molecule has 0 atom stereocenters. The highest BCUT2D eigenvalue weighted by Crippen LogP contribution is 2.44. The van der Waals surface area contributed by atoms with Crippen LogP contribution in [0.15, 0.2) is 11.0 Å². The van der Waals surface area contributed by atoms with Gasteiger partial charge in [-0.15, -0.1) is 0 Å². The van der Waals surface area contributed by atoms with Gasteiger partial charge >= 0.3 is 21.5 Å². The van der Waals surface area contributed by atoms with E-state index in [1.54, 1.807) is 0 Å². The predicted octanol–water partition coefficient (Wildman–Crippen LogP) is 0.161. The number of benzene rings is 1. The predicted molar refractivity (Wildman–Crippen MR) is 52.9 cm³/mol. The van der Waals surface area contributed by atoms with Crippen molar-refractivity contribution in [1.29, 1.82) is 0 Å². The van der Waals surface area contributed by atoms with Crippen molar-refractivity contribution in [2.75, 3.05) is 0 Å². The zero-order valence-electron chi connectivity index (χ0n) is 8.17. The number of nitro benzene ring substituents is 2. The van der Waals surface area contributed by atoms with Crippen molar-refractivity contribution in [1.82, 2.24) is 0 Å². The topological polar surface area (TPSA) is 181 Å². The highest BCUT2D eigenvalue weighted by atomic mass is 32.2. The summed E-state index contributed by atoms with van der Waals surface area (Å²) in [6, 6.07) is 0.166. The van der Waals surface area contributed by atoms with Gasteiger partial charge in [-0.05, 0) is 0 Å². The maximum absolute atomic E-state index is 10.8. The van der Waals surface area contributed by atoms with E-state index >= 15 is 0 Å². The van der Waals surface area contributed by atoms with Crippen molar-refractivity contribution in [2.24, 2.45) is 0 Å². The van der Waals surface area contributed by atoms with Crippen LogP contribution in [0.2, 0.25) is 0 Å². The maximum Gasteiger partial charge on any atom is 0.319 e. The summed E-state index contributed by atoms with van der Waals surface area (Å²) in [5.74, 6) is -3.18. The molecule has 0 aromatic heterocycles. The molecular weight excluding hydrogens is 276 g/mol. The Bertz CT molecular complexity index is 611. The first-order chi connectivity index (χ1) is 8.07. The molecule has 0 saturated heterocycles. The largest absolute Gasteiger partial charge is 0.501 e. The Kier molecular flexibility index (Phi) is 3.08. The molecule has 0 aliphatic rings. The second-order valence-electron chi connectivity index (χ2n) is 2.93. The van der Waals surface area contributed by atoms with Crippen molar-refractivity contribution >= 4 is 21.5 Å². The summed E-state index contributed by atoms with van der Waals surface area (Å²) in [7, 11) is -5.29. The van der Waals surface area contributed by atoms with E-state index in [0.717, 1.165) is 0 Å². The first-order valence-electron chi connectivity index (χ1n) is 3.92. The molecule has 18 heavy (non-hydrogen) atoms. The van der Waals surface area contributed by atoms with Crippen molar-refractivity contribution < 1.29 is 33.0 Å². The summed E-state index contributed by atoms with van der Waals surface area (Å²) < 4.78 is 30.3. The third kappa shape index (κ3) is 2.14. The highest BCUT2D eigenvalue weighted by molar-refractivity contribution is 7.86. The number of aromatic hydroxyl groups is 2. The van der Waals surface area contributed by atoms with Gasteiger partial charge in [0.25, 0.3) is 0 Å². The molecule has 1 aromatic carbocycles. The highest BCUT2D eigenvalue weighted by Gasteiger charge is 2.35. The van der Waals surface area contributed by atoms with E-state index in [9.17, 15) is 38.9 Å². The minimum Gasteiger partial charge on any atom is -0.501 e. The average molecular weight is 280 g/mol. The van der Waals surface area contributed by atoms with Crippen LogP contribution in [0.1, 0.15) is 0 Å². The molecule has 0 amide bonds. The molecule has 0 aliphatic carbocycles. The molecule has 1 rings (SSSR count). The first-order valence-corrected chi connectivity index (χ1v) is 5.36. The van der Waals surface area contributed by atoms with E-state index in [2.05, 4.69) is 0 Å². The summed E-state index contributed by atoms with van der Waals surface area (Å²) in [5.41, 5.74) is -2.68. The molecule has 12 heteroatoms. The van der Waals surface area contributed by atoms with Crippen LogP contribution in [0.3, 0.4) is 0 Å². The van der Waals surface area contributed by atoms with Gasteiger partial charge in [-0.3, -0.25) is 24.8 Å². The summed E-state index contributed by atoms with van der Waals surface area (Å²) in [6.45, 7) is 0. The molecule has 11 nitrogen and oxygen atoms in total. The van der Waals surface area contributed by atoms with Gasteiger partial charge < -0.3 is 10.2 Å². The third-order valence-electron chi connectivity index (χ3n) is 1.84. The Labute approximate surface area is 98.0 Å². The summed E-state index contributed by atoms with van der Waals surface area (Å²) in [4.78, 5) is 16.6. The second-order valence-corrected chi connectivity index (χ2v) is 4.29. The third-order valence-corrected chi connectivity index (χ3v) is 2.74. The lowest BCUT2D eigenvalue weighted by Crippen LogP contribution is -2.03. The van der Waals surface area contributed by atoms with Crippen molar-refractivity contribution in [3.8, 4) is 11.5 Å². The van der Waals surface area contributed by atoms with Gasteiger partial charge in [-0.1, -0.05) is 0 Å². The fourth-order valence-electron chi connectivity index (χ4n) is 1.13. The molecule has 0 aliphatic heterocycles. The van der Waals surface area contributed by atoms with Crippen LogP contribution in [0.4, 0.5) is 11.4 Å². The molecule has 0 unspecified atom stereocenters. The molecule has 0 fully saturated rings. The summed E-state index contributed by atoms with van der Waals surface area (Å²) in [5, 5.41) is 39.3. The molecular formula is C6H4N2O9S. The first kappa shape index (κ1) is 13.6. The summed E-state index contributed by atoms with van der Waals surface area (Å²) >= 11 is 0. The molecule has 98 valence electrons. The minimum absolute atomic E-state index is 0.166. The number of rotatable bonds is 3. The van der Waals surface area contributed by atoms with Gasteiger partial charge in [0.05, 0.1) is 9.85 Å². The van der Waals surface area contributed by atoms with Gasteiger partial charge in [0.15, 0.2) is 4.90 Å². The van der Waals surface area contributed by atoms with Gasteiger partial charge in [0.2, 0.25) is 11.5 Å². The van der Waals surface area contributed by atoms with Gasteiger partial charge in [-0.2, -0.15) is 8.42 Å². The lowest BCUT2D eigenvalue weighted by atomic mass is 10.2. The van der Waals surface area contributed by atoms with Crippen LogP contribution in [0, 0.1) is 20.2 Å². The lowest BCUT2D eigenvalue weighted by Gasteiger charge is -2.05. The van der Waals surface area contributed by atoms with Gasteiger partial charge in [0.1, 0.15) is 6.07 Å². The number of nitrogens with zero attached hydrogens (tertiary/aromatic N) is 2. The monoisotopic (exact) mass is 280 g/mol. The Morgan fingerprint density at radius 3 is 1.56 bits per heavy atom. The van der Waals surface area contributed by atoms with Crippen LogP contribution < -0.4 is 0 Å². The molecule has 0 bridgehead atoms. The Morgan fingerprint density at radius 2 is 1.33 bits per heavy atom. The molecule has 0 spiro atoms. The number of hydrogen-bond donors (Lipinski definition) is 3. The lowest BCUT2D eigenvalue weighted by molar-refractivity contribution is -0.395. The van der Waals surface area contributed by atoms with E-state index in [-0.39, 0.29) is 6.07 Å². The molecule has 3 N–H and O–H groups in total. The quantitative estimate of drug-likeness (QED) is 0.394. The van der Waals surface area contributed by atoms with E-state index < -0.39 is 47.7 Å². The van der Waals surface area contributed by atoms with Crippen molar-refractivity contribution in [3.63, 3.8) is 0 Å². The normalized spacial score (nSPS) is 11.2. The van der Waals surface area contributed by atoms with Crippen LogP contribution in [-0.2, 0) is 10.1 Å². The van der Waals surface area contributed by atoms with Crippen LogP contribution in [0.25, 0.3) is 0 Å². The van der Waals surface area contributed by atoms with Crippen LogP contribution >= 0.6 is 0 Å². The Morgan fingerprint density at radius 1 is 1.00 bits per heavy atom. The van der Waals surface area contributed by atoms with Crippen LogP contribution in [-0.4, -0.2) is 33.0 Å². The summed E-state index contributed by atoms with van der Waals surface area (Å²) in [6.07, 6.45) is 0. The Balaban J connectivity index is 3.91. The molecule has 0 heterocycles. The fraction of sp³-hybridized carbons (Fsp3) is 0. The maximum atomic E-state index is 10.8. The molecule has 1 aromatic rings. The number of hydrogen-bond acceptors (Lipinski definition) is 8. The van der Waals surface area contributed by atoms with E-state index in [4.69, 9.17) is 4.55 Å². The van der Waals surface area contributed by atoms with E-state index in [1.165, 1.54) is 0 Å². The Hall–Kier alpha value is -2.47.